The molecule has 0 spiro atoms. The molecule has 0 aliphatic rings. The van der Waals surface area contributed by atoms with Crippen molar-refractivity contribution in [3.8, 4) is 0 Å². The molecule has 0 radical (unpaired) electrons. The Morgan fingerprint density at radius 2 is 1.50 bits per heavy atom. The van der Waals surface area contributed by atoms with Gasteiger partial charge >= 0.3 is 0 Å². The minimum Gasteiger partial charge on any atom is -0.211 e. The molecule has 0 aromatic heterocycles. The van der Waals surface area contributed by atoms with Crippen LogP contribution in [-0.4, -0.2) is 15.0 Å². The van der Waals surface area contributed by atoms with Crippen LogP contribution in [0.3, 0.4) is 0 Å². The Kier molecular flexibility index (Phi) is 5.04. The molecule has 0 atom stereocenters. The third-order valence-corrected chi connectivity index (χ3v) is 5.59. The molecule has 0 amide bonds. The fourth-order valence-electron chi connectivity index (χ4n) is 2.87. The third-order valence-electron chi connectivity index (χ3n) is 3.82. The largest absolute Gasteiger partial charge is 0.241 e. The lowest BCUT2D eigenvalue weighted by atomic mass is 10.1. The minimum absolute atomic E-state index is 0.403. The van der Waals surface area contributed by atoms with Gasteiger partial charge in [-0.2, -0.15) is 0 Å². The lowest BCUT2D eigenvalue weighted by Crippen LogP contribution is -2.27. The average molecular weight is 317 g/mol. The van der Waals surface area contributed by atoms with Gasteiger partial charge in [0.25, 0.3) is 0 Å². The maximum absolute atomic E-state index is 12.5. The standard InChI is InChI=1S/C18H23NO2S/c1-13-11-15(3)18(16(4)12-13)22(20,21)19-10-9-17-8-6-5-7-14(17)2/h5-8,11-12,19H,9-10H2,1-4H3. The van der Waals surface area contributed by atoms with Crippen LogP contribution in [0.25, 0.3) is 0 Å². The quantitative estimate of drug-likeness (QED) is 0.918. The van der Waals surface area contributed by atoms with Gasteiger partial charge in [-0.3, -0.25) is 0 Å². The summed E-state index contributed by atoms with van der Waals surface area (Å²) in [6.45, 7) is 8.10. The van der Waals surface area contributed by atoms with Gasteiger partial charge < -0.3 is 0 Å². The fraction of sp³-hybridized carbons (Fsp3) is 0.333. The highest BCUT2D eigenvalue weighted by Gasteiger charge is 2.19. The molecule has 2 rings (SSSR count). The molecule has 0 saturated carbocycles. The molecule has 1 N–H and O–H groups in total. The van der Waals surface area contributed by atoms with Crippen molar-refractivity contribution in [3.63, 3.8) is 0 Å². The second kappa shape index (κ2) is 6.63. The Labute approximate surface area is 133 Å². The number of hydrogen-bond donors (Lipinski definition) is 1. The number of aryl methyl sites for hydroxylation is 4. The van der Waals surface area contributed by atoms with Gasteiger partial charge in [-0.25, -0.2) is 13.1 Å². The summed E-state index contributed by atoms with van der Waals surface area (Å²) in [7, 11) is -3.47. The highest BCUT2D eigenvalue weighted by molar-refractivity contribution is 7.89. The van der Waals surface area contributed by atoms with Crippen molar-refractivity contribution in [1.29, 1.82) is 0 Å². The van der Waals surface area contributed by atoms with Crippen LogP contribution in [0.15, 0.2) is 41.3 Å². The average Bonchev–Trinajstić information content (AvgIpc) is 2.39. The van der Waals surface area contributed by atoms with Crippen LogP contribution >= 0.6 is 0 Å². The Morgan fingerprint density at radius 3 is 2.09 bits per heavy atom. The molecule has 0 aliphatic heterocycles. The van der Waals surface area contributed by atoms with Crippen molar-refractivity contribution in [2.24, 2.45) is 0 Å². The molecule has 4 heteroatoms. The van der Waals surface area contributed by atoms with Crippen LogP contribution in [0.2, 0.25) is 0 Å². The molecular formula is C18H23NO2S. The van der Waals surface area contributed by atoms with Crippen LogP contribution in [0, 0.1) is 27.7 Å². The van der Waals surface area contributed by atoms with Gasteiger partial charge in [0.1, 0.15) is 0 Å². The molecule has 2 aromatic rings. The van der Waals surface area contributed by atoms with E-state index in [2.05, 4.69) is 4.72 Å². The van der Waals surface area contributed by atoms with Crippen LogP contribution in [-0.2, 0) is 16.4 Å². The van der Waals surface area contributed by atoms with Gasteiger partial charge in [-0.05, 0) is 56.4 Å². The van der Waals surface area contributed by atoms with Gasteiger partial charge in [0.2, 0.25) is 10.0 Å². The molecule has 0 saturated heterocycles. The summed E-state index contributed by atoms with van der Waals surface area (Å²) in [4.78, 5) is 0.405. The molecule has 0 heterocycles. The molecule has 22 heavy (non-hydrogen) atoms. The zero-order valence-corrected chi connectivity index (χ0v) is 14.4. The van der Waals surface area contributed by atoms with Gasteiger partial charge in [-0.1, -0.05) is 42.0 Å². The molecule has 0 fully saturated rings. The maximum atomic E-state index is 12.5. The second-order valence-electron chi connectivity index (χ2n) is 5.80. The summed E-state index contributed by atoms with van der Waals surface area (Å²) in [6, 6.07) is 11.9. The third kappa shape index (κ3) is 3.76. The summed E-state index contributed by atoms with van der Waals surface area (Å²) >= 11 is 0. The maximum Gasteiger partial charge on any atom is 0.241 e. The first-order valence-corrected chi connectivity index (χ1v) is 8.91. The Bertz CT molecular complexity index is 756. The Hall–Kier alpha value is -1.65. The molecule has 3 nitrogen and oxygen atoms in total. The van der Waals surface area contributed by atoms with E-state index in [4.69, 9.17) is 0 Å². The van der Waals surface area contributed by atoms with Gasteiger partial charge in [0.05, 0.1) is 4.90 Å². The van der Waals surface area contributed by atoms with Crippen LogP contribution < -0.4 is 4.72 Å². The fourth-order valence-corrected chi connectivity index (χ4v) is 4.35. The summed E-state index contributed by atoms with van der Waals surface area (Å²) < 4.78 is 27.8. The first-order valence-electron chi connectivity index (χ1n) is 7.43. The van der Waals surface area contributed by atoms with E-state index in [-0.39, 0.29) is 0 Å². The summed E-state index contributed by atoms with van der Waals surface area (Å²) in [5, 5.41) is 0. The zero-order valence-electron chi connectivity index (χ0n) is 13.6. The smallest absolute Gasteiger partial charge is 0.211 e. The van der Waals surface area contributed by atoms with E-state index in [9.17, 15) is 8.42 Å². The van der Waals surface area contributed by atoms with E-state index < -0.39 is 10.0 Å². The highest BCUT2D eigenvalue weighted by atomic mass is 32.2. The molecular weight excluding hydrogens is 294 g/mol. The first-order chi connectivity index (χ1) is 10.3. The van der Waals surface area contributed by atoms with E-state index in [1.165, 1.54) is 11.1 Å². The van der Waals surface area contributed by atoms with Crippen molar-refractivity contribution in [2.75, 3.05) is 6.54 Å². The van der Waals surface area contributed by atoms with Gasteiger partial charge in [0.15, 0.2) is 0 Å². The van der Waals surface area contributed by atoms with Crippen LogP contribution in [0.4, 0.5) is 0 Å². The minimum atomic E-state index is -3.47. The highest BCUT2D eigenvalue weighted by Crippen LogP contribution is 2.21. The number of hydrogen-bond acceptors (Lipinski definition) is 2. The van der Waals surface area contributed by atoms with Crippen molar-refractivity contribution >= 4 is 10.0 Å². The van der Waals surface area contributed by atoms with E-state index in [0.29, 0.717) is 17.9 Å². The van der Waals surface area contributed by atoms with E-state index in [0.717, 1.165) is 16.7 Å². The van der Waals surface area contributed by atoms with E-state index in [1.54, 1.807) is 0 Å². The molecule has 2 aromatic carbocycles. The van der Waals surface area contributed by atoms with Crippen LogP contribution in [0.5, 0.6) is 0 Å². The summed E-state index contributed by atoms with van der Waals surface area (Å²) in [5.74, 6) is 0. The monoisotopic (exact) mass is 317 g/mol. The Balaban J connectivity index is 2.14. The second-order valence-corrected chi connectivity index (χ2v) is 7.51. The lowest BCUT2D eigenvalue weighted by molar-refractivity contribution is 0.580. The predicted octanol–water partition coefficient (Wildman–Crippen LogP) is 3.44. The van der Waals surface area contributed by atoms with Crippen molar-refractivity contribution < 1.29 is 8.42 Å². The van der Waals surface area contributed by atoms with E-state index in [1.807, 2.05) is 64.1 Å². The predicted molar refractivity (Wildman–Crippen MR) is 90.7 cm³/mol. The molecule has 118 valence electrons. The SMILES string of the molecule is Cc1cc(C)c(S(=O)(=O)NCCc2ccccc2C)c(C)c1. The number of rotatable bonds is 5. The zero-order chi connectivity index (χ0) is 16.3. The number of nitrogens with one attached hydrogen (secondary N) is 1. The molecule has 0 bridgehead atoms. The number of sulfonamides is 1. The topological polar surface area (TPSA) is 46.2 Å². The normalized spacial score (nSPS) is 11.6. The van der Waals surface area contributed by atoms with Crippen molar-refractivity contribution in [2.45, 2.75) is 39.0 Å². The van der Waals surface area contributed by atoms with Crippen molar-refractivity contribution in [1.82, 2.24) is 4.72 Å². The Morgan fingerprint density at radius 1 is 0.909 bits per heavy atom. The first kappa shape index (κ1) is 16.7. The van der Waals surface area contributed by atoms with Crippen molar-refractivity contribution in [3.05, 3.63) is 64.2 Å². The van der Waals surface area contributed by atoms with Gasteiger partial charge in [0, 0.05) is 6.54 Å². The molecule has 0 unspecified atom stereocenters. The summed E-state index contributed by atoms with van der Waals surface area (Å²) in [6.07, 6.45) is 0.690. The number of benzene rings is 2. The summed E-state index contributed by atoms with van der Waals surface area (Å²) in [5.41, 5.74) is 5.02. The van der Waals surface area contributed by atoms with Gasteiger partial charge in [-0.15, -0.1) is 0 Å². The van der Waals surface area contributed by atoms with E-state index >= 15 is 0 Å². The van der Waals surface area contributed by atoms with Crippen LogP contribution in [0.1, 0.15) is 27.8 Å². The molecule has 0 aliphatic carbocycles. The lowest BCUT2D eigenvalue weighted by Gasteiger charge is -2.13.